The number of anilines is 2. The number of hydrogen-bond donors (Lipinski definition) is 1. The number of phenolic OH excluding ortho intramolecular Hbond substituents is 1. The molecule has 0 spiro atoms. The van der Waals surface area contributed by atoms with Crippen LogP contribution in [0.2, 0.25) is 0 Å². The third-order valence-corrected chi connectivity index (χ3v) is 10.1. The summed E-state index contributed by atoms with van der Waals surface area (Å²) in [4.78, 5) is 58.2. The van der Waals surface area contributed by atoms with E-state index in [1.54, 1.807) is 66.7 Å². The molecule has 0 aromatic heterocycles. The van der Waals surface area contributed by atoms with Crippen molar-refractivity contribution in [2.24, 2.45) is 29.6 Å². The predicted molar refractivity (Wildman–Crippen MR) is 159 cm³/mol. The number of nitrogens with zero attached hydrogens (tertiary/aromatic N) is 2. The molecule has 0 radical (unpaired) electrons. The molecule has 2 heterocycles. The molecule has 3 aromatic carbocycles. The Balaban J connectivity index is 1.33. The Morgan fingerprint density at radius 3 is 1.80 bits per heavy atom. The number of rotatable bonds is 3. The number of carbonyl (C=O) groups is 4. The summed E-state index contributed by atoms with van der Waals surface area (Å²) < 4.78 is 1.67. The third kappa shape index (κ3) is 4.04. The van der Waals surface area contributed by atoms with Crippen LogP contribution in [0.4, 0.5) is 11.4 Å². The van der Waals surface area contributed by atoms with E-state index in [2.05, 4.69) is 31.9 Å². The Kier molecular flexibility index (Phi) is 6.28. The monoisotopic (exact) mass is 674 g/mol. The van der Waals surface area contributed by atoms with E-state index in [9.17, 15) is 24.3 Å². The van der Waals surface area contributed by atoms with E-state index < -0.39 is 29.6 Å². The lowest BCUT2D eigenvalue weighted by atomic mass is 9.57. The number of phenols is 1. The van der Waals surface area contributed by atoms with Crippen LogP contribution in [0.25, 0.3) is 0 Å². The highest BCUT2D eigenvalue weighted by Gasteiger charge is 2.62. The van der Waals surface area contributed by atoms with Gasteiger partial charge in [-0.3, -0.25) is 29.0 Å². The fraction of sp³-hybridized carbons (Fsp3) is 0.250. The minimum absolute atomic E-state index is 0.0607. The molecule has 1 N–H and O–H groups in total. The molecule has 2 aliphatic heterocycles. The predicted octanol–water partition coefficient (Wildman–Crippen LogP) is 5.96. The molecule has 1 saturated carbocycles. The standard InChI is InChI=1S/C32H24Br2N2O5/c33-17-4-8-19(9-5-17)35-29(38)23-13-12-22-24(27(23)31(35)40)15-25-28(26(22)16-2-1-3-21(37)14-16)32(41)36(30(25)39)20-10-6-18(34)7-11-20/h1-12,14,23-28,37H,13,15H2/t23-,24+,25+,26-,27-,28+/m0/s1. The number of amides is 4. The molecule has 206 valence electrons. The smallest absolute Gasteiger partial charge is 0.238 e. The van der Waals surface area contributed by atoms with Gasteiger partial charge in [0.15, 0.2) is 0 Å². The molecule has 2 saturated heterocycles. The number of halogens is 2. The normalized spacial score (nSPS) is 28.9. The number of hydrogen-bond acceptors (Lipinski definition) is 5. The van der Waals surface area contributed by atoms with Crippen molar-refractivity contribution >= 4 is 66.9 Å². The Hall–Kier alpha value is -3.56. The number of aromatic hydroxyl groups is 1. The van der Waals surface area contributed by atoms with Crippen molar-refractivity contribution in [3.05, 3.63) is 99.0 Å². The van der Waals surface area contributed by atoms with E-state index >= 15 is 0 Å². The lowest BCUT2D eigenvalue weighted by Crippen LogP contribution is -2.43. The van der Waals surface area contributed by atoms with Crippen molar-refractivity contribution in [3.8, 4) is 5.75 Å². The van der Waals surface area contributed by atoms with Crippen LogP contribution in [0.3, 0.4) is 0 Å². The number of allylic oxidation sites excluding steroid dienone is 2. The molecular formula is C32H24Br2N2O5. The Morgan fingerprint density at radius 1 is 0.659 bits per heavy atom. The number of fused-ring (bicyclic) bond motifs is 4. The fourth-order valence-electron chi connectivity index (χ4n) is 7.37. The zero-order valence-corrected chi connectivity index (χ0v) is 24.8. The van der Waals surface area contributed by atoms with E-state index in [1.807, 2.05) is 12.1 Å². The third-order valence-electron chi connectivity index (χ3n) is 9.05. The molecule has 9 heteroatoms. The Morgan fingerprint density at radius 2 is 1.22 bits per heavy atom. The molecule has 7 nitrogen and oxygen atoms in total. The number of carbonyl (C=O) groups excluding carboxylic acids is 4. The summed E-state index contributed by atoms with van der Waals surface area (Å²) >= 11 is 6.82. The maximum atomic E-state index is 14.1. The maximum Gasteiger partial charge on any atom is 0.238 e. The Bertz CT molecular complexity index is 1650. The molecule has 0 bridgehead atoms. The van der Waals surface area contributed by atoms with Crippen molar-refractivity contribution in [2.45, 2.75) is 18.8 Å². The van der Waals surface area contributed by atoms with E-state index in [-0.39, 0.29) is 35.3 Å². The lowest BCUT2D eigenvalue weighted by molar-refractivity contribution is -0.126. The summed E-state index contributed by atoms with van der Waals surface area (Å²) in [6, 6.07) is 20.9. The average molecular weight is 676 g/mol. The van der Waals surface area contributed by atoms with Gasteiger partial charge in [0.1, 0.15) is 5.75 Å². The van der Waals surface area contributed by atoms with E-state index in [1.165, 1.54) is 9.80 Å². The molecule has 0 unspecified atom stereocenters. The van der Waals surface area contributed by atoms with Gasteiger partial charge >= 0.3 is 0 Å². The zero-order chi connectivity index (χ0) is 28.6. The first-order valence-electron chi connectivity index (χ1n) is 13.5. The molecular weight excluding hydrogens is 652 g/mol. The van der Waals surface area contributed by atoms with E-state index in [4.69, 9.17) is 0 Å². The Labute approximate surface area is 253 Å². The van der Waals surface area contributed by atoms with Gasteiger partial charge in [-0.2, -0.15) is 0 Å². The van der Waals surface area contributed by atoms with Gasteiger partial charge in [0, 0.05) is 14.9 Å². The number of benzene rings is 3. The van der Waals surface area contributed by atoms with Crippen molar-refractivity contribution in [3.63, 3.8) is 0 Å². The zero-order valence-electron chi connectivity index (χ0n) is 21.6. The highest BCUT2D eigenvalue weighted by atomic mass is 79.9. The second-order valence-corrected chi connectivity index (χ2v) is 12.9. The molecule has 4 amide bonds. The van der Waals surface area contributed by atoms with E-state index in [0.717, 1.165) is 20.1 Å². The van der Waals surface area contributed by atoms with Gasteiger partial charge in [0.05, 0.1) is 35.0 Å². The van der Waals surface area contributed by atoms with Gasteiger partial charge in [-0.25, -0.2) is 0 Å². The summed E-state index contributed by atoms with van der Waals surface area (Å²) in [6.45, 7) is 0. The second-order valence-electron chi connectivity index (χ2n) is 11.1. The average Bonchev–Trinajstić information content (AvgIpc) is 3.37. The topological polar surface area (TPSA) is 95.0 Å². The van der Waals surface area contributed by atoms with Crippen LogP contribution in [0.5, 0.6) is 5.75 Å². The summed E-state index contributed by atoms with van der Waals surface area (Å²) in [6.07, 6.45) is 2.68. The largest absolute Gasteiger partial charge is 0.508 e. The quantitative estimate of drug-likeness (QED) is 0.273. The van der Waals surface area contributed by atoms with Gasteiger partial charge < -0.3 is 5.11 Å². The molecule has 2 aliphatic carbocycles. The molecule has 3 fully saturated rings. The van der Waals surface area contributed by atoms with Crippen LogP contribution in [0.15, 0.2) is 93.4 Å². The SMILES string of the molecule is O=C1[C@H]2[C@H](CC=C3[C@H]2C[C@H]2C(=O)N(c4ccc(Br)cc4)C(=O)[C@H]2[C@H]3c2cccc(O)c2)C(=O)N1c1ccc(Br)cc1. The van der Waals surface area contributed by atoms with Gasteiger partial charge in [0.25, 0.3) is 0 Å². The molecule has 6 atom stereocenters. The van der Waals surface area contributed by atoms with Gasteiger partial charge in [-0.05, 0) is 85.0 Å². The van der Waals surface area contributed by atoms with Gasteiger partial charge in [-0.15, -0.1) is 0 Å². The highest BCUT2D eigenvalue weighted by molar-refractivity contribution is 9.10. The molecule has 7 rings (SSSR count). The van der Waals surface area contributed by atoms with Gasteiger partial charge in [-0.1, -0.05) is 55.6 Å². The summed E-state index contributed by atoms with van der Waals surface area (Å²) in [7, 11) is 0. The van der Waals surface area contributed by atoms with Crippen LogP contribution in [-0.4, -0.2) is 28.7 Å². The first kappa shape index (κ1) is 26.3. The maximum absolute atomic E-state index is 14.1. The first-order chi connectivity index (χ1) is 19.7. The summed E-state index contributed by atoms with van der Waals surface area (Å²) in [5.41, 5.74) is 2.63. The van der Waals surface area contributed by atoms with E-state index in [0.29, 0.717) is 24.2 Å². The second kappa shape index (κ2) is 9.77. The van der Waals surface area contributed by atoms with Crippen molar-refractivity contribution < 1.29 is 24.3 Å². The minimum atomic E-state index is -0.679. The molecule has 41 heavy (non-hydrogen) atoms. The van der Waals surface area contributed by atoms with Crippen LogP contribution >= 0.6 is 31.9 Å². The highest BCUT2D eigenvalue weighted by Crippen LogP contribution is 2.58. The van der Waals surface area contributed by atoms with Crippen molar-refractivity contribution in [1.82, 2.24) is 0 Å². The van der Waals surface area contributed by atoms with Crippen LogP contribution < -0.4 is 9.80 Å². The summed E-state index contributed by atoms with van der Waals surface area (Å²) in [5, 5.41) is 10.4. The fourth-order valence-corrected chi connectivity index (χ4v) is 7.90. The van der Waals surface area contributed by atoms with Crippen LogP contribution in [0.1, 0.15) is 24.3 Å². The van der Waals surface area contributed by atoms with Crippen LogP contribution in [-0.2, 0) is 19.2 Å². The minimum Gasteiger partial charge on any atom is -0.508 e. The number of imide groups is 2. The summed E-state index contributed by atoms with van der Waals surface area (Å²) in [5.74, 6) is -4.43. The van der Waals surface area contributed by atoms with Gasteiger partial charge in [0.2, 0.25) is 23.6 Å². The van der Waals surface area contributed by atoms with Crippen LogP contribution in [0, 0.1) is 29.6 Å². The lowest BCUT2D eigenvalue weighted by Gasteiger charge is -2.44. The first-order valence-corrected chi connectivity index (χ1v) is 15.1. The molecule has 3 aromatic rings. The molecule has 4 aliphatic rings. The van der Waals surface area contributed by atoms with Crippen molar-refractivity contribution in [1.29, 1.82) is 0 Å². The van der Waals surface area contributed by atoms with Crippen molar-refractivity contribution in [2.75, 3.05) is 9.80 Å².